The van der Waals surface area contributed by atoms with E-state index in [1.54, 1.807) is 42.5 Å². The molecular formula is C24H25NO6. The minimum atomic E-state index is -0.760. The number of ketones is 1. The Kier molecular flexibility index (Phi) is 5.95. The molecule has 2 aliphatic heterocycles. The lowest BCUT2D eigenvalue weighted by atomic mass is 9.95. The van der Waals surface area contributed by atoms with Gasteiger partial charge in [-0.15, -0.1) is 0 Å². The van der Waals surface area contributed by atoms with Crippen molar-refractivity contribution < 1.29 is 28.9 Å². The van der Waals surface area contributed by atoms with Crippen molar-refractivity contribution in [2.24, 2.45) is 0 Å². The normalized spacial score (nSPS) is 22.7. The molecule has 7 nitrogen and oxygen atoms in total. The first-order chi connectivity index (χ1) is 15.0. The number of aliphatic hydroxyl groups excluding tert-OH is 1. The van der Waals surface area contributed by atoms with Gasteiger partial charge in [0, 0.05) is 18.7 Å². The zero-order chi connectivity index (χ0) is 22.0. The molecule has 0 radical (unpaired) electrons. The van der Waals surface area contributed by atoms with E-state index in [1.807, 2.05) is 6.07 Å². The summed E-state index contributed by atoms with van der Waals surface area (Å²) < 4.78 is 16.5. The number of hydrogen-bond acceptors (Lipinski definition) is 6. The summed E-state index contributed by atoms with van der Waals surface area (Å²) in [7, 11) is 3.06. The second kappa shape index (κ2) is 8.81. The van der Waals surface area contributed by atoms with Gasteiger partial charge in [0.15, 0.2) is 11.5 Å². The maximum atomic E-state index is 13.1. The molecule has 2 aliphatic rings. The molecule has 4 rings (SSSR count). The van der Waals surface area contributed by atoms with Gasteiger partial charge in [-0.3, -0.25) is 9.59 Å². The molecule has 0 aliphatic carbocycles. The van der Waals surface area contributed by atoms with E-state index < -0.39 is 17.7 Å². The van der Waals surface area contributed by atoms with Crippen LogP contribution in [0.3, 0.4) is 0 Å². The summed E-state index contributed by atoms with van der Waals surface area (Å²) in [6.07, 6.45) is 1.59. The lowest BCUT2D eigenvalue weighted by molar-refractivity contribution is -0.140. The molecule has 0 aromatic heterocycles. The summed E-state index contributed by atoms with van der Waals surface area (Å²) in [6, 6.07) is 13.2. The number of ether oxygens (including phenoxy) is 3. The molecule has 0 spiro atoms. The lowest BCUT2D eigenvalue weighted by Gasteiger charge is -2.28. The van der Waals surface area contributed by atoms with Crippen LogP contribution in [0.25, 0.3) is 5.76 Å². The minimum Gasteiger partial charge on any atom is -0.507 e. The summed E-state index contributed by atoms with van der Waals surface area (Å²) in [4.78, 5) is 27.6. The number of nitrogens with zero attached hydrogens (tertiary/aromatic N) is 1. The molecule has 2 aromatic carbocycles. The van der Waals surface area contributed by atoms with Crippen LogP contribution in [0.15, 0.2) is 54.1 Å². The average Bonchev–Trinajstić information content (AvgIpc) is 3.41. The Hall–Kier alpha value is -3.32. The molecule has 1 N–H and O–H groups in total. The van der Waals surface area contributed by atoms with Crippen LogP contribution in [-0.4, -0.2) is 55.2 Å². The van der Waals surface area contributed by atoms with Crippen molar-refractivity contribution in [2.45, 2.75) is 25.0 Å². The SMILES string of the molecule is COc1ccc(C2/C(=C(/O)c3ccccc3)C(=O)C(=O)N2CC2CCCO2)cc1OC. The Labute approximate surface area is 180 Å². The zero-order valence-electron chi connectivity index (χ0n) is 17.5. The summed E-state index contributed by atoms with van der Waals surface area (Å²) in [5, 5.41) is 11.0. The second-order valence-corrected chi connectivity index (χ2v) is 7.57. The van der Waals surface area contributed by atoms with Crippen molar-refractivity contribution >= 4 is 17.4 Å². The van der Waals surface area contributed by atoms with E-state index >= 15 is 0 Å². The third-order valence-electron chi connectivity index (χ3n) is 5.73. The quantitative estimate of drug-likeness (QED) is 0.436. The molecule has 2 saturated heterocycles. The first-order valence-corrected chi connectivity index (χ1v) is 10.2. The standard InChI is InChI=1S/C24H25NO6/c1-29-18-11-10-16(13-19(18)30-2)21-20(22(26)15-7-4-3-5-8-15)23(27)24(28)25(21)14-17-9-6-12-31-17/h3-5,7-8,10-11,13,17,21,26H,6,9,12,14H2,1-2H3/b22-20-. The van der Waals surface area contributed by atoms with Crippen LogP contribution in [0, 0.1) is 0 Å². The number of carbonyl (C=O) groups is 2. The number of carbonyl (C=O) groups excluding carboxylic acids is 2. The summed E-state index contributed by atoms with van der Waals surface area (Å²) in [5.74, 6) is -0.548. The predicted molar refractivity (Wildman–Crippen MR) is 114 cm³/mol. The first kappa shape index (κ1) is 20.9. The highest BCUT2D eigenvalue weighted by Gasteiger charge is 2.47. The van der Waals surface area contributed by atoms with Gasteiger partial charge in [0.25, 0.3) is 11.7 Å². The fourth-order valence-electron chi connectivity index (χ4n) is 4.20. The number of rotatable bonds is 6. The molecule has 2 unspecified atom stereocenters. The van der Waals surface area contributed by atoms with E-state index in [-0.39, 0.29) is 24.0 Å². The van der Waals surface area contributed by atoms with Crippen LogP contribution in [0.4, 0.5) is 0 Å². The largest absolute Gasteiger partial charge is 0.507 e. The Morgan fingerprint density at radius 1 is 1.10 bits per heavy atom. The molecule has 31 heavy (non-hydrogen) atoms. The molecule has 0 saturated carbocycles. The van der Waals surface area contributed by atoms with Gasteiger partial charge in [-0.2, -0.15) is 0 Å². The molecular weight excluding hydrogens is 398 g/mol. The van der Waals surface area contributed by atoms with Gasteiger partial charge in [-0.05, 0) is 30.5 Å². The third kappa shape index (κ3) is 3.88. The molecule has 7 heteroatoms. The predicted octanol–water partition coefficient (Wildman–Crippen LogP) is 3.30. The van der Waals surface area contributed by atoms with E-state index in [4.69, 9.17) is 14.2 Å². The summed E-state index contributed by atoms with van der Waals surface area (Å²) in [5.41, 5.74) is 1.18. The van der Waals surface area contributed by atoms with Crippen LogP contribution in [-0.2, 0) is 14.3 Å². The fourth-order valence-corrected chi connectivity index (χ4v) is 4.20. The van der Waals surface area contributed by atoms with E-state index in [0.717, 1.165) is 12.8 Å². The number of likely N-dealkylation sites (tertiary alicyclic amines) is 1. The maximum Gasteiger partial charge on any atom is 0.295 e. The Balaban J connectivity index is 1.85. The number of Topliss-reactive ketones (excluding diaryl/α,β-unsaturated/α-hetero) is 1. The van der Waals surface area contributed by atoms with Crippen LogP contribution in [0.1, 0.15) is 30.0 Å². The number of methoxy groups -OCH3 is 2. The number of aliphatic hydroxyl groups is 1. The van der Waals surface area contributed by atoms with E-state index in [1.165, 1.54) is 19.1 Å². The van der Waals surface area contributed by atoms with Crippen molar-refractivity contribution in [2.75, 3.05) is 27.4 Å². The Morgan fingerprint density at radius 3 is 2.48 bits per heavy atom. The monoisotopic (exact) mass is 423 g/mol. The highest BCUT2D eigenvalue weighted by Crippen LogP contribution is 2.42. The van der Waals surface area contributed by atoms with Gasteiger partial charge < -0.3 is 24.2 Å². The smallest absolute Gasteiger partial charge is 0.295 e. The van der Waals surface area contributed by atoms with Gasteiger partial charge in [0.05, 0.1) is 31.9 Å². The van der Waals surface area contributed by atoms with Crippen molar-refractivity contribution in [3.63, 3.8) is 0 Å². The van der Waals surface area contributed by atoms with Crippen LogP contribution in [0.2, 0.25) is 0 Å². The molecule has 2 fully saturated rings. The zero-order valence-corrected chi connectivity index (χ0v) is 17.5. The third-order valence-corrected chi connectivity index (χ3v) is 5.73. The van der Waals surface area contributed by atoms with Crippen molar-refractivity contribution in [1.29, 1.82) is 0 Å². The van der Waals surface area contributed by atoms with Gasteiger partial charge in [-0.25, -0.2) is 0 Å². The van der Waals surface area contributed by atoms with Crippen molar-refractivity contribution in [3.05, 3.63) is 65.2 Å². The molecule has 2 aromatic rings. The Morgan fingerprint density at radius 2 is 1.84 bits per heavy atom. The van der Waals surface area contributed by atoms with Gasteiger partial charge in [0.1, 0.15) is 5.76 Å². The maximum absolute atomic E-state index is 13.1. The number of benzene rings is 2. The topological polar surface area (TPSA) is 85.3 Å². The average molecular weight is 423 g/mol. The van der Waals surface area contributed by atoms with Crippen LogP contribution >= 0.6 is 0 Å². The molecule has 2 atom stereocenters. The van der Waals surface area contributed by atoms with E-state index in [2.05, 4.69) is 0 Å². The van der Waals surface area contributed by atoms with Crippen LogP contribution < -0.4 is 9.47 Å². The number of amides is 1. The van der Waals surface area contributed by atoms with Gasteiger partial charge >= 0.3 is 0 Å². The lowest BCUT2D eigenvalue weighted by Crippen LogP contribution is -2.36. The van der Waals surface area contributed by atoms with Crippen molar-refractivity contribution in [1.82, 2.24) is 4.90 Å². The van der Waals surface area contributed by atoms with Crippen LogP contribution in [0.5, 0.6) is 11.5 Å². The highest BCUT2D eigenvalue weighted by atomic mass is 16.5. The summed E-state index contributed by atoms with van der Waals surface area (Å²) >= 11 is 0. The first-order valence-electron chi connectivity index (χ1n) is 10.2. The second-order valence-electron chi connectivity index (χ2n) is 7.57. The van der Waals surface area contributed by atoms with Gasteiger partial charge in [-0.1, -0.05) is 36.4 Å². The molecule has 162 valence electrons. The van der Waals surface area contributed by atoms with Crippen molar-refractivity contribution in [3.8, 4) is 11.5 Å². The molecule has 0 bridgehead atoms. The molecule has 2 heterocycles. The van der Waals surface area contributed by atoms with Gasteiger partial charge in [0.2, 0.25) is 0 Å². The number of hydrogen-bond donors (Lipinski definition) is 1. The molecule has 1 amide bonds. The fraction of sp³-hybridized carbons (Fsp3) is 0.333. The van der Waals surface area contributed by atoms with E-state index in [0.29, 0.717) is 29.2 Å². The minimum absolute atomic E-state index is 0.0569. The van der Waals surface area contributed by atoms with E-state index in [9.17, 15) is 14.7 Å². The summed E-state index contributed by atoms with van der Waals surface area (Å²) in [6.45, 7) is 0.911. The highest BCUT2D eigenvalue weighted by molar-refractivity contribution is 6.46. The Bertz CT molecular complexity index is 1010.